The largest absolute Gasteiger partial charge is 0.484 e. The van der Waals surface area contributed by atoms with Crippen LogP contribution in [0.4, 0.5) is 5.69 Å². The second-order valence-corrected chi connectivity index (χ2v) is 5.80. The lowest BCUT2D eigenvalue weighted by Gasteiger charge is -2.09. The Bertz CT molecular complexity index is 907. The highest BCUT2D eigenvalue weighted by molar-refractivity contribution is 5.92. The van der Waals surface area contributed by atoms with Crippen LogP contribution in [-0.2, 0) is 4.79 Å². The first kappa shape index (κ1) is 16.0. The van der Waals surface area contributed by atoms with Gasteiger partial charge in [0, 0.05) is 11.8 Å². The first-order chi connectivity index (χ1) is 12.8. The quantitative estimate of drug-likeness (QED) is 0.755. The van der Waals surface area contributed by atoms with Gasteiger partial charge in [0.05, 0.1) is 0 Å². The van der Waals surface area contributed by atoms with Crippen molar-refractivity contribution in [1.29, 1.82) is 0 Å². The van der Waals surface area contributed by atoms with Gasteiger partial charge < -0.3 is 19.5 Å². The predicted octanol–water partition coefficient (Wildman–Crippen LogP) is 4.10. The van der Waals surface area contributed by atoms with Crippen molar-refractivity contribution < 1.29 is 19.0 Å². The van der Waals surface area contributed by atoms with Crippen molar-refractivity contribution in [2.75, 3.05) is 18.7 Å². The van der Waals surface area contributed by atoms with Gasteiger partial charge in [-0.15, -0.1) is 0 Å². The van der Waals surface area contributed by atoms with Gasteiger partial charge in [-0.3, -0.25) is 4.79 Å². The van der Waals surface area contributed by atoms with Crippen LogP contribution < -0.4 is 19.5 Å². The lowest BCUT2D eigenvalue weighted by atomic mass is 10.1. The summed E-state index contributed by atoms with van der Waals surface area (Å²) >= 11 is 0. The van der Waals surface area contributed by atoms with Crippen LogP contribution in [0.2, 0.25) is 0 Å². The van der Waals surface area contributed by atoms with Gasteiger partial charge >= 0.3 is 0 Å². The third-order valence-electron chi connectivity index (χ3n) is 3.99. The van der Waals surface area contributed by atoms with E-state index in [9.17, 15) is 4.79 Å². The Labute approximate surface area is 151 Å². The molecule has 0 saturated heterocycles. The summed E-state index contributed by atoms with van der Waals surface area (Å²) in [7, 11) is 0. The second kappa shape index (κ2) is 7.19. The van der Waals surface area contributed by atoms with Crippen molar-refractivity contribution >= 4 is 11.6 Å². The molecule has 0 aliphatic carbocycles. The lowest BCUT2D eigenvalue weighted by Crippen LogP contribution is -2.20. The van der Waals surface area contributed by atoms with Crippen molar-refractivity contribution in [3.63, 3.8) is 0 Å². The number of hydrogen-bond acceptors (Lipinski definition) is 4. The number of anilines is 1. The summed E-state index contributed by atoms with van der Waals surface area (Å²) in [6.07, 6.45) is 0. The topological polar surface area (TPSA) is 56.8 Å². The van der Waals surface area contributed by atoms with E-state index in [-0.39, 0.29) is 19.3 Å². The van der Waals surface area contributed by atoms with Crippen molar-refractivity contribution in [3.05, 3.63) is 72.8 Å². The third-order valence-corrected chi connectivity index (χ3v) is 3.99. The van der Waals surface area contributed by atoms with E-state index in [0.717, 1.165) is 16.8 Å². The van der Waals surface area contributed by atoms with Gasteiger partial charge in [0.15, 0.2) is 18.1 Å². The molecule has 0 bridgehead atoms. The zero-order valence-electron chi connectivity index (χ0n) is 14.0. The van der Waals surface area contributed by atoms with Gasteiger partial charge in [0.1, 0.15) is 5.75 Å². The van der Waals surface area contributed by atoms with E-state index >= 15 is 0 Å². The Kier molecular flexibility index (Phi) is 4.43. The van der Waals surface area contributed by atoms with Gasteiger partial charge in [-0.05, 0) is 35.4 Å². The van der Waals surface area contributed by atoms with Crippen LogP contribution in [0.15, 0.2) is 72.8 Å². The van der Waals surface area contributed by atoms with Crippen molar-refractivity contribution in [3.8, 4) is 28.4 Å². The summed E-state index contributed by atoms with van der Waals surface area (Å²) in [6, 6.07) is 23.0. The van der Waals surface area contributed by atoms with Gasteiger partial charge in [0.25, 0.3) is 5.91 Å². The van der Waals surface area contributed by atoms with E-state index in [1.807, 2.05) is 54.6 Å². The summed E-state index contributed by atoms with van der Waals surface area (Å²) in [5.74, 6) is 1.64. The van der Waals surface area contributed by atoms with E-state index in [1.165, 1.54) is 0 Å². The second-order valence-electron chi connectivity index (χ2n) is 5.80. The summed E-state index contributed by atoms with van der Waals surface area (Å²) in [5, 5.41) is 2.82. The molecule has 0 spiro atoms. The lowest BCUT2D eigenvalue weighted by molar-refractivity contribution is -0.118. The van der Waals surface area contributed by atoms with Crippen molar-refractivity contribution in [2.45, 2.75) is 0 Å². The maximum atomic E-state index is 12.1. The predicted molar refractivity (Wildman–Crippen MR) is 98.6 cm³/mol. The molecule has 0 unspecified atom stereocenters. The molecule has 5 nitrogen and oxygen atoms in total. The van der Waals surface area contributed by atoms with E-state index < -0.39 is 0 Å². The molecule has 1 heterocycles. The molecule has 0 aromatic heterocycles. The minimum atomic E-state index is -0.227. The third kappa shape index (κ3) is 3.62. The molecule has 0 saturated carbocycles. The van der Waals surface area contributed by atoms with E-state index in [0.29, 0.717) is 17.2 Å². The molecule has 0 radical (unpaired) electrons. The molecular formula is C21H17NO4. The van der Waals surface area contributed by atoms with E-state index in [2.05, 4.69) is 5.32 Å². The molecule has 0 fully saturated rings. The zero-order chi connectivity index (χ0) is 17.8. The number of amides is 1. The van der Waals surface area contributed by atoms with Crippen LogP contribution in [0.3, 0.4) is 0 Å². The van der Waals surface area contributed by atoms with Gasteiger partial charge in [0.2, 0.25) is 6.79 Å². The smallest absolute Gasteiger partial charge is 0.262 e. The van der Waals surface area contributed by atoms with Crippen LogP contribution >= 0.6 is 0 Å². The number of ether oxygens (including phenoxy) is 3. The number of carbonyl (C=O) groups is 1. The van der Waals surface area contributed by atoms with Crippen LogP contribution in [0.5, 0.6) is 17.2 Å². The molecule has 1 N–H and O–H groups in total. The first-order valence-corrected chi connectivity index (χ1v) is 8.26. The molecule has 1 aliphatic rings. The fourth-order valence-corrected chi connectivity index (χ4v) is 2.69. The Morgan fingerprint density at radius 1 is 0.885 bits per heavy atom. The number of benzene rings is 3. The van der Waals surface area contributed by atoms with Crippen molar-refractivity contribution in [1.82, 2.24) is 0 Å². The number of hydrogen-bond donors (Lipinski definition) is 1. The maximum absolute atomic E-state index is 12.1. The van der Waals surface area contributed by atoms with Crippen molar-refractivity contribution in [2.24, 2.45) is 0 Å². The monoisotopic (exact) mass is 347 g/mol. The van der Waals surface area contributed by atoms with Gasteiger partial charge in [-0.25, -0.2) is 0 Å². The fraction of sp³-hybridized carbons (Fsp3) is 0.0952. The molecule has 3 aromatic carbocycles. The van der Waals surface area contributed by atoms with E-state index in [1.54, 1.807) is 18.2 Å². The Morgan fingerprint density at radius 3 is 2.42 bits per heavy atom. The van der Waals surface area contributed by atoms with Crippen LogP contribution in [0, 0.1) is 0 Å². The summed E-state index contributed by atoms with van der Waals surface area (Å²) in [4.78, 5) is 12.1. The normalized spacial score (nSPS) is 11.8. The standard InChI is InChI=1S/C21H17NO4/c23-21(13-24-18-10-11-19-20(12-18)26-14-25-19)22-17-8-6-16(7-9-17)15-4-2-1-3-5-15/h1-12H,13-14H2,(H,22,23). The summed E-state index contributed by atoms with van der Waals surface area (Å²) < 4.78 is 16.0. The molecule has 130 valence electrons. The average molecular weight is 347 g/mol. The summed E-state index contributed by atoms with van der Waals surface area (Å²) in [6.45, 7) is 0.123. The van der Waals surface area contributed by atoms with Gasteiger partial charge in [-0.1, -0.05) is 42.5 Å². The Morgan fingerprint density at radius 2 is 1.62 bits per heavy atom. The molecule has 0 atom stereocenters. The highest BCUT2D eigenvalue weighted by Crippen LogP contribution is 2.35. The minimum absolute atomic E-state index is 0.0833. The maximum Gasteiger partial charge on any atom is 0.262 e. The van der Waals surface area contributed by atoms with Crippen LogP contribution in [-0.4, -0.2) is 19.3 Å². The van der Waals surface area contributed by atoms with Crippen LogP contribution in [0.1, 0.15) is 0 Å². The Balaban J connectivity index is 1.33. The number of carbonyl (C=O) groups excluding carboxylic acids is 1. The fourth-order valence-electron chi connectivity index (χ4n) is 2.69. The number of fused-ring (bicyclic) bond motifs is 1. The average Bonchev–Trinajstić information content (AvgIpc) is 3.15. The number of nitrogens with one attached hydrogen (secondary N) is 1. The first-order valence-electron chi connectivity index (χ1n) is 8.26. The SMILES string of the molecule is O=C(COc1ccc2c(c1)OCO2)Nc1ccc(-c2ccccc2)cc1. The molecule has 3 aromatic rings. The molecule has 4 rings (SSSR count). The molecule has 1 amide bonds. The Hall–Kier alpha value is -3.47. The highest BCUT2D eigenvalue weighted by atomic mass is 16.7. The zero-order valence-corrected chi connectivity index (χ0v) is 14.0. The minimum Gasteiger partial charge on any atom is -0.484 e. The molecular weight excluding hydrogens is 330 g/mol. The number of rotatable bonds is 5. The van der Waals surface area contributed by atoms with Crippen LogP contribution in [0.25, 0.3) is 11.1 Å². The van der Waals surface area contributed by atoms with Gasteiger partial charge in [-0.2, -0.15) is 0 Å². The highest BCUT2D eigenvalue weighted by Gasteiger charge is 2.14. The molecule has 1 aliphatic heterocycles. The molecule has 5 heteroatoms. The molecule has 26 heavy (non-hydrogen) atoms. The van der Waals surface area contributed by atoms with E-state index in [4.69, 9.17) is 14.2 Å². The summed E-state index contributed by atoms with van der Waals surface area (Å²) in [5.41, 5.74) is 2.96.